The molecule has 2 aromatic heterocycles. The summed E-state index contributed by atoms with van der Waals surface area (Å²) in [6.45, 7) is 4.17. The van der Waals surface area contributed by atoms with Gasteiger partial charge in [-0.25, -0.2) is 9.97 Å². The number of terminal acetylenes is 1. The highest BCUT2D eigenvalue weighted by Gasteiger charge is 2.42. The van der Waals surface area contributed by atoms with Gasteiger partial charge in [-0.3, -0.25) is 9.59 Å². The number of fused-ring (bicyclic) bond motifs is 1. The Balaban J connectivity index is 1.46. The standard InChI is InChI=1S/C21H23N5O2/c1-3-18-7-6-16(11-23-18)21(28)25-12-17-5-4-9-26(19(17)13-25)20(27)14-24-10-8-22-15(24)2/h1,6-8,10-11,17,19H,4-5,9,12-14H2,2H3/t17-,19+/m0/s1. The quantitative estimate of drug-likeness (QED) is 0.757. The zero-order valence-electron chi connectivity index (χ0n) is 15.9. The predicted molar refractivity (Wildman–Crippen MR) is 103 cm³/mol. The van der Waals surface area contributed by atoms with Crippen molar-refractivity contribution in [1.29, 1.82) is 0 Å². The van der Waals surface area contributed by atoms with Gasteiger partial charge in [-0.15, -0.1) is 6.42 Å². The Morgan fingerprint density at radius 1 is 1.29 bits per heavy atom. The van der Waals surface area contributed by atoms with Crippen LogP contribution in [0.3, 0.4) is 0 Å². The number of amides is 2. The molecule has 0 aliphatic carbocycles. The van der Waals surface area contributed by atoms with E-state index in [2.05, 4.69) is 15.9 Å². The first-order chi connectivity index (χ1) is 13.6. The molecule has 0 unspecified atom stereocenters. The third-order valence-electron chi connectivity index (χ3n) is 5.78. The summed E-state index contributed by atoms with van der Waals surface area (Å²) >= 11 is 0. The molecule has 2 aliphatic heterocycles. The number of hydrogen-bond acceptors (Lipinski definition) is 4. The van der Waals surface area contributed by atoms with Crippen molar-refractivity contribution in [2.45, 2.75) is 32.4 Å². The van der Waals surface area contributed by atoms with E-state index in [1.54, 1.807) is 18.3 Å². The van der Waals surface area contributed by atoms with Gasteiger partial charge in [-0.1, -0.05) is 5.92 Å². The number of piperidine rings is 1. The van der Waals surface area contributed by atoms with Gasteiger partial charge < -0.3 is 14.4 Å². The molecule has 2 atom stereocenters. The van der Waals surface area contributed by atoms with Gasteiger partial charge in [0.1, 0.15) is 18.1 Å². The van der Waals surface area contributed by atoms with Crippen LogP contribution in [0, 0.1) is 25.2 Å². The van der Waals surface area contributed by atoms with Gasteiger partial charge >= 0.3 is 0 Å². The van der Waals surface area contributed by atoms with Crippen LogP contribution in [0.25, 0.3) is 0 Å². The third-order valence-corrected chi connectivity index (χ3v) is 5.78. The number of pyridine rings is 1. The number of imidazole rings is 1. The maximum absolute atomic E-state index is 12.9. The minimum Gasteiger partial charge on any atom is -0.336 e. The summed E-state index contributed by atoms with van der Waals surface area (Å²) in [4.78, 5) is 37.9. The lowest BCUT2D eigenvalue weighted by Gasteiger charge is -2.37. The van der Waals surface area contributed by atoms with Gasteiger partial charge in [0.15, 0.2) is 0 Å². The van der Waals surface area contributed by atoms with Crippen LogP contribution in [0.5, 0.6) is 0 Å². The van der Waals surface area contributed by atoms with Crippen molar-refractivity contribution in [3.8, 4) is 12.3 Å². The monoisotopic (exact) mass is 377 g/mol. The fourth-order valence-corrected chi connectivity index (χ4v) is 4.25. The maximum Gasteiger partial charge on any atom is 0.255 e. The Morgan fingerprint density at radius 3 is 2.82 bits per heavy atom. The predicted octanol–water partition coefficient (Wildman–Crippen LogP) is 1.33. The lowest BCUT2D eigenvalue weighted by Crippen LogP contribution is -2.49. The fourth-order valence-electron chi connectivity index (χ4n) is 4.25. The van der Waals surface area contributed by atoms with E-state index in [9.17, 15) is 9.59 Å². The zero-order valence-corrected chi connectivity index (χ0v) is 15.9. The second-order valence-electron chi connectivity index (χ2n) is 7.45. The molecule has 2 aliphatic rings. The second kappa shape index (κ2) is 7.47. The van der Waals surface area contributed by atoms with Crippen molar-refractivity contribution >= 4 is 11.8 Å². The Morgan fingerprint density at radius 2 is 2.14 bits per heavy atom. The van der Waals surface area contributed by atoms with E-state index < -0.39 is 0 Å². The van der Waals surface area contributed by atoms with Crippen LogP contribution in [0.1, 0.15) is 34.7 Å². The van der Waals surface area contributed by atoms with Crippen LogP contribution >= 0.6 is 0 Å². The van der Waals surface area contributed by atoms with Crippen LogP contribution in [0.15, 0.2) is 30.7 Å². The van der Waals surface area contributed by atoms with Crippen molar-refractivity contribution in [2.75, 3.05) is 19.6 Å². The van der Waals surface area contributed by atoms with Crippen molar-refractivity contribution in [3.63, 3.8) is 0 Å². The maximum atomic E-state index is 12.9. The minimum atomic E-state index is -0.0525. The summed E-state index contributed by atoms with van der Waals surface area (Å²) in [5.41, 5.74) is 1.04. The number of aryl methyl sites for hydroxylation is 1. The van der Waals surface area contributed by atoms with Gasteiger partial charge in [0, 0.05) is 38.2 Å². The van der Waals surface area contributed by atoms with Crippen molar-refractivity contribution in [3.05, 3.63) is 47.8 Å². The highest BCUT2D eigenvalue weighted by atomic mass is 16.2. The first-order valence-electron chi connectivity index (χ1n) is 9.56. The van der Waals surface area contributed by atoms with Gasteiger partial charge in [0.05, 0.1) is 11.6 Å². The molecule has 0 saturated carbocycles. The largest absolute Gasteiger partial charge is 0.336 e. The van der Waals surface area contributed by atoms with E-state index >= 15 is 0 Å². The number of nitrogens with zero attached hydrogens (tertiary/aromatic N) is 5. The molecule has 144 valence electrons. The van der Waals surface area contributed by atoms with Crippen molar-refractivity contribution in [1.82, 2.24) is 24.3 Å². The average Bonchev–Trinajstić information content (AvgIpc) is 3.33. The van der Waals surface area contributed by atoms with Crippen LogP contribution in [-0.2, 0) is 11.3 Å². The van der Waals surface area contributed by atoms with Crippen LogP contribution in [0.4, 0.5) is 0 Å². The van der Waals surface area contributed by atoms with Gasteiger partial charge in [0.25, 0.3) is 5.91 Å². The lowest BCUT2D eigenvalue weighted by atomic mass is 9.92. The van der Waals surface area contributed by atoms with E-state index in [1.165, 1.54) is 6.20 Å². The Bertz CT molecular complexity index is 927. The molecular weight excluding hydrogens is 354 g/mol. The van der Waals surface area contributed by atoms with Gasteiger partial charge in [0.2, 0.25) is 5.91 Å². The Labute approximate surface area is 164 Å². The molecule has 0 spiro atoms. The highest BCUT2D eigenvalue weighted by molar-refractivity contribution is 5.94. The molecule has 4 rings (SSSR count). The first-order valence-corrected chi connectivity index (χ1v) is 9.56. The third kappa shape index (κ3) is 3.38. The van der Waals surface area contributed by atoms with Gasteiger partial charge in [-0.2, -0.15) is 0 Å². The number of aromatic nitrogens is 3. The molecule has 7 nitrogen and oxygen atoms in total. The molecule has 0 radical (unpaired) electrons. The molecule has 0 bridgehead atoms. The Kier molecular flexibility index (Phi) is 4.86. The number of rotatable bonds is 3. The summed E-state index contributed by atoms with van der Waals surface area (Å²) in [7, 11) is 0. The second-order valence-corrected chi connectivity index (χ2v) is 7.45. The van der Waals surface area contributed by atoms with Crippen molar-refractivity contribution in [2.24, 2.45) is 5.92 Å². The normalized spacial score (nSPS) is 21.3. The molecule has 2 saturated heterocycles. The topological polar surface area (TPSA) is 71.3 Å². The molecule has 4 heterocycles. The Hall–Kier alpha value is -3.14. The van der Waals surface area contributed by atoms with Crippen LogP contribution in [-0.4, -0.2) is 61.8 Å². The van der Waals surface area contributed by atoms with E-state index in [1.807, 2.05) is 27.5 Å². The zero-order chi connectivity index (χ0) is 19.7. The first kappa shape index (κ1) is 18.2. The number of carbonyl (C=O) groups excluding carboxylic acids is 2. The summed E-state index contributed by atoms with van der Waals surface area (Å²) in [5, 5.41) is 0. The van der Waals surface area contributed by atoms with E-state index in [4.69, 9.17) is 6.42 Å². The smallest absolute Gasteiger partial charge is 0.255 e. The highest BCUT2D eigenvalue weighted by Crippen LogP contribution is 2.31. The van der Waals surface area contributed by atoms with E-state index in [0.717, 1.165) is 25.2 Å². The van der Waals surface area contributed by atoms with Gasteiger partial charge in [-0.05, 0) is 37.8 Å². The number of likely N-dealkylation sites (tertiary alicyclic amines) is 2. The SMILES string of the molecule is C#Cc1ccc(C(=O)N2C[C@@H]3CCCN(C(=O)Cn4ccnc4C)[C@@H]3C2)cn1. The van der Waals surface area contributed by atoms with Crippen LogP contribution in [0.2, 0.25) is 0 Å². The summed E-state index contributed by atoms with van der Waals surface area (Å²) < 4.78 is 1.86. The minimum absolute atomic E-state index is 0.0525. The number of hydrogen-bond donors (Lipinski definition) is 0. The lowest BCUT2D eigenvalue weighted by molar-refractivity contribution is -0.136. The summed E-state index contributed by atoms with van der Waals surface area (Å²) in [6, 6.07) is 3.48. The number of carbonyl (C=O) groups is 2. The molecule has 7 heteroatoms. The van der Waals surface area contributed by atoms with E-state index in [-0.39, 0.29) is 17.9 Å². The molecule has 0 aromatic carbocycles. The fraction of sp³-hybridized carbons (Fsp3) is 0.429. The molecule has 2 fully saturated rings. The summed E-state index contributed by atoms with van der Waals surface area (Å²) in [6.07, 6.45) is 12.4. The molecular formula is C21H23N5O2. The summed E-state index contributed by atoms with van der Waals surface area (Å²) in [5.74, 6) is 3.64. The van der Waals surface area contributed by atoms with Crippen molar-refractivity contribution < 1.29 is 9.59 Å². The molecule has 0 N–H and O–H groups in total. The van der Waals surface area contributed by atoms with Crippen LogP contribution < -0.4 is 0 Å². The molecule has 28 heavy (non-hydrogen) atoms. The molecule has 2 amide bonds. The van der Waals surface area contributed by atoms with E-state index in [0.29, 0.717) is 36.8 Å². The average molecular weight is 377 g/mol. The molecule has 2 aromatic rings.